The monoisotopic (exact) mass is 359 g/mol. The molecular weight excluding hydrogens is 330 g/mol. The molecule has 0 spiro atoms. The van der Waals surface area contributed by atoms with Crippen LogP contribution < -0.4 is 10.6 Å². The van der Waals surface area contributed by atoms with Gasteiger partial charge >= 0.3 is 12.1 Å². The summed E-state index contributed by atoms with van der Waals surface area (Å²) in [6.45, 7) is 6.20. The van der Waals surface area contributed by atoms with Crippen LogP contribution >= 0.6 is 0 Å². The quantitative estimate of drug-likeness (QED) is 0.849. The van der Waals surface area contributed by atoms with Gasteiger partial charge in [-0.15, -0.1) is 0 Å². The first-order valence-corrected chi connectivity index (χ1v) is 9.55. The van der Waals surface area contributed by atoms with E-state index in [1.807, 2.05) is 0 Å². The molecule has 2 N–H and O–H groups in total. The van der Waals surface area contributed by atoms with E-state index in [0.29, 0.717) is 26.2 Å². The highest BCUT2D eigenvalue weighted by Crippen LogP contribution is 2.47. The summed E-state index contributed by atoms with van der Waals surface area (Å²) >= 11 is 0. The lowest BCUT2D eigenvalue weighted by Crippen LogP contribution is -2.50. The van der Waals surface area contributed by atoms with Gasteiger partial charge in [0.25, 0.3) is 0 Å². The Morgan fingerprint density at radius 1 is 1.19 bits per heavy atom. The number of carbonyl (C=O) groups excluding carboxylic acids is 2. The van der Waals surface area contributed by atoms with Crippen molar-refractivity contribution in [1.29, 1.82) is 0 Å². The van der Waals surface area contributed by atoms with E-state index in [2.05, 4.69) is 41.8 Å². The van der Waals surface area contributed by atoms with Gasteiger partial charge in [0.2, 0.25) is 0 Å². The van der Waals surface area contributed by atoms with Gasteiger partial charge in [-0.05, 0) is 45.1 Å². The Labute approximate surface area is 155 Å². The Hall–Kier alpha value is -2.24. The summed E-state index contributed by atoms with van der Waals surface area (Å²) in [4.78, 5) is 25.7. The maximum absolute atomic E-state index is 12.3. The van der Waals surface area contributed by atoms with Crippen molar-refractivity contribution in [3.8, 4) is 0 Å². The highest BCUT2D eigenvalue weighted by Gasteiger charge is 2.44. The van der Waals surface area contributed by atoms with Crippen molar-refractivity contribution in [2.24, 2.45) is 0 Å². The molecule has 142 valence electrons. The van der Waals surface area contributed by atoms with E-state index in [9.17, 15) is 9.59 Å². The number of amides is 3. The fraction of sp³-hybridized carbons (Fsp3) is 0.600. The SMILES string of the molecule is CCOC(=O)N1CCC(NC(=O)NCC2(c3ccc(C)cc3)CC2)CC1. The lowest BCUT2D eigenvalue weighted by atomic mass is 9.95. The lowest BCUT2D eigenvalue weighted by Gasteiger charge is -2.31. The summed E-state index contributed by atoms with van der Waals surface area (Å²) in [5.74, 6) is 0. The summed E-state index contributed by atoms with van der Waals surface area (Å²) < 4.78 is 5.02. The van der Waals surface area contributed by atoms with Crippen LogP contribution in [0.3, 0.4) is 0 Å². The molecular formula is C20H29N3O3. The zero-order valence-electron chi connectivity index (χ0n) is 15.7. The van der Waals surface area contributed by atoms with E-state index < -0.39 is 0 Å². The van der Waals surface area contributed by atoms with Crippen molar-refractivity contribution in [3.05, 3.63) is 35.4 Å². The number of benzene rings is 1. The number of nitrogens with one attached hydrogen (secondary N) is 2. The molecule has 0 radical (unpaired) electrons. The smallest absolute Gasteiger partial charge is 0.409 e. The van der Waals surface area contributed by atoms with Gasteiger partial charge in [-0.1, -0.05) is 29.8 Å². The van der Waals surface area contributed by atoms with E-state index in [1.165, 1.54) is 11.1 Å². The number of carbonyl (C=O) groups is 2. The predicted molar refractivity (Wildman–Crippen MR) is 100 cm³/mol. The van der Waals surface area contributed by atoms with Crippen molar-refractivity contribution in [3.63, 3.8) is 0 Å². The van der Waals surface area contributed by atoms with Crippen molar-refractivity contribution < 1.29 is 14.3 Å². The van der Waals surface area contributed by atoms with E-state index in [4.69, 9.17) is 4.74 Å². The molecule has 1 saturated heterocycles. The van der Waals surface area contributed by atoms with E-state index in [-0.39, 0.29) is 23.6 Å². The molecule has 6 nitrogen and oxygen atoms in total. The molecule has 6 heteroatoms. The molecule has 1 aromatic rings. The van der Waals surface area contributed by atoms with Gasteiger partial charge in [0, 0.05) is 31.1 Å². The van der Waals surface area contributed by atoms with Crippen LogP contribution in [0, 0.1) is 6.92 Å². The second kappa shape index (κ2) is 7.98. The molecule has 0 unspecified atom stereocenters. The Balaban J connectivity index is 1.41. The minimum absolute atomic E-state index is 0.107. The first-order valence-electron chi connectivity index (χ1n) is 9.55. The summed E-state index contributed by atoms with van der Waals surface area (Å²) in [5, 5.41) is 6.09. The van der Waals surface area contributed by atoms with Gasteiger partial charge in [-0.2, -0.15) is 0 Å². The number of ether oxygens (including phenoxy) is 1. The molecule has 3 amide bonds. The average Bonchev–Trinajstić information content (AvgIpc) is 3.43. The molecule has 1 saturated carbocycles. The number of urea groups is 1. The predicted octanol–water partition coefficient (Wildman–Crippen LogP) is 2.95. The molecule has 2 fully saturated rings. The summed E-state index contributed by atoms with van der Waals surface area (Å²) in [5.41, 5.74) is 2.67. The van der Waals surface area contributed by atoms with Crippen molar-refractivity contribution >= 4 is 12.1 Å². The fourth-order valence-electron chi connectivity index (χ4n) is 3.53. The van der Waals surface area contributed by atoms with Crippen LogP contribution in [0.1, 0.15) is 43.7 Å². The van der Waals surface area contributed by atoms with Gasteiger partial charge in [0.1, 0.15) is 0 Å². The first kappa shape index (κ1) is 18.5. The molecule has 3 rings (SSSR count). The van der Waals surface area contributed by atoms with Crippen molar-refractivity contribution in [1.82, 2.24) is 15.5 Å². The number of likely N-dealkylation sites (tertiary alicyclic amines) is 1. The number of piperidine rings is 1. The average molecular weight is 359 g/mol. The van der Waals surface area contributed by atoms with E-state index >= 15 is 0 Å². The summed E-state index contributed by atoms with van der Waals surface area (Å²) in [6.07, 6.45) is 3.50. The molecule has 0 aromatic heterocycles. The maximum Gasteiger partial charge on any atom is 0.409 e. The maximum atomic E-state index is 12.3. The third-order valence-corrected chi connectivity index (χ3v) is 5.46. The van der Waals surface area contributed by atoms with Crippen LogP contribution in [0.15, 0.2) is 24.3 Å². The second-order valence-corrected chi connectivity index (χ2v) is 7.43. The molecule has 1 aliphatic heterocycles. The third kappa shape index (κ3) is 4.48. The first-order chi connectivity index (χ1) is 12.5. The number of nitrogens with zero attached hydrogens (tertiary/aromatic N) is 1. The number of aryl methyl sites for hydroxylation is 1. The van der Waals surface area contributed by atoms with Gasteiger partial charge in [0.05, 0.1) is 6.61 Å². The molecule has 0 bridgehead atoms. The largest absolute Gasteiger partial charge is 0.450 e. The fourth-order valence-corrected chi connectivity index (χ4v) is 3.53. The number of hydrogen-bond donors (Lipinski definition) is 2. The van der Waals surface area contributed by atoms with E-state index in [0.717, 1.165) is 25.7 Å². The minimum Gasteiger partial charge on any atom is -0.450 e. The zero-order chi connectivity index (χ0) is 18.6. The molecule has 2 aliphatic rings. The standard InChI is InChI=1S/C20H29N3O3/c1-3-26-19(25)23-12-8-17(9-13-23)22-18(24)21-14-20(10-11-20)16-6-4-15(2)5-7-16/h4-7,17H,3,8-14H2,1-2H3,(H2,21,22,24). The lowest BCUT2D eigenvalue weighted by molar-refractivity contribution is 0.0957. The van der Waals surface area contributed by atoms with Crippen LogP contribution in [0.2, 0.25) is 0 Å². The van der Waals surface area contributed by atoms with Crippen molar-refractivity contribution in [2.45, 2.75) is 51.0 Å². The van der Waals surface area contributed by atoms with Crippen molar-refractivity contribution in [2.75, 3.05) is 26.2 Å². The van der Waals surface area contributed by atoms with Gasteiger partial charge in [-0.25, -0.2) is 9.59 Å². The zero-order valence-corrected chi connectivity index (χ0v) is 15.7. The minimum atomic E-state index is -0.260. The summed E-state index contributed by atoms with van der Waals surface area (Å²) in [7, 11) is 0. The Bertz CT molecular complexity index is 632. The normalized spacial score (nSPS) is 18.9. The highest BCUT2D eigenvalue weighted by molar-refractivity contribution is 5.74. The molecule has 1 aliphatic carbocycles. The van der Waals surface area contributed by atoms with Crippen LogP contribution in [0.4, 0.5) is 9.59 Å². The topological polar surface area (TPSA) is 70.7 Å². The van der Waals surface area contributed by atoms with E-state index in [1.54, 1.807) is 11.8 Å². The Morgan fingerprint density at radius 3 is 2.42 bits per heavy atom. The van der Waals surface area contributed by atoms with Gasteiger partial charge in [0.15, 0.2) is 0 Å². The number of rotatable bonds is 5. The molecule has 1 aromatic carbocycles. The summed E-state index contributed by atoms with van der Waals surface area (Å²) in [6, 6.07) is 8.60. The molecule has 26 heavy (non-hydrogen) atoms. The Kier molecular flexibility index (Phi) is 5.69. The van der Waals surface area contributed by atoms with Crippen LogP contribution in [0.5, 0.6) is 0 Å². The Morgan fingerprint density at radius 2 is 1.85 bits per heavy atom. The van der Waals surface area contributed by atoms with Crippen LogP contribution in [-0.4, -0.2) is 49.3 Å². The molecule has 0 atom stereocenters. The van der Waals surface area contributed by atoms with Gasteiger partial charge in [-0.3, -0.25) is 0 Å². The van der Waals surface area contributed by atoms with Crippen LogP contribution in [0.25, 0.3) is 0 Å². The van der Waals surface area contributed by atoms with Crippen LogP contribution in [-0.2, 0) is 10.2 Å². The molecule has 1 heterocycles. The highest BCUT2D eigenvalue weighted by atomic mass is 16.6. The second-order valence-electron chi connectivity index (χ2n) is 7.43. The van der Waals surface area contributed by atoms with Gasteiger partial charge < -0.3 is 20.3 Å². The third-order valence-electron chi connectivity index (χ3n) is 5.46. The number of hydrogen-bond acceptors (Lipinski definition) is 3.